The molecular weight excluding hydrogens is 416 g/mol. The maximum atomic E-state index is 12.8. The van der Waals surface area contributed by atoms with Crippen LogP contribution in [0.4, 0.5) is 0 Å². The number of aryl methyl sites for hydroxylation is 1. The predicted molar refractivity (Wildman–Crippen MR) is 107 cm³/mol. The van der Waals surface area contributed by atoms with Crippen molar-refractivity contribution in [2.45, 2.75) is 19.4 Å². The molecule has 1 aliphatic rings. The summed E-state index contributed by atoms with van der Waals surface area (Å²) in [6, 6.07) is 5.00. The van der Waals surface area contributed by atoms with Crippen LogP contribution in [0.3, 0.4) is 0 Å². The molecule has 1 fully saturated rings. The van der Waals surface area contributed by atoms with E-state index in [9.17, 15) is 18.0 Å². The Bertz CT molecular complexity index is 1180. The number of amides is 2. The molecule has 2 amide bonds. The van der Waals surface area contributed by atoms with Gasteiger partial charge in [0.2, 0.25) is 5.91 Å². The number of aromatic nitrogens is 2. The fourth-order valence-electron chi connectivity index (χ4n) is 3.27. The van der Waals surface area contributed by atoms with E-state index in [1.54, 1.807) is 13.0 Å². The van der Waals surface area contributed by atoms with E-state index in [4.69, 9.17) is 4.52 Å². The molecule has 1 aliphatic heterocycles. The molecule has 4 heterocycles. The summed E-state index contributed by atoms with van der Waals surface area (Å²) in [5.41, 5.74) is 1.66. The number of nitrogens with one attached hydrogen (secondary N) is 2. The first-order valence-electron chi connectivity index (χ1n) is 8.91. The van der Waals surface area contributed by atoms with Crippen molar-refractivity contribution in [2.24, 2.45) is 0 Å². The lowest BCUT2D eigenvalue weighted by Crippen LogP contribution is -2.42. The topological polar surface area (TPSA) is 131 Å². The minimum Gasteiger partial charge on any atom is -0.351 e. The van der Waals surface area contributed by atoms with Gasteiger partial charge in [0.25, 0.3) is 11.6 Å². The highest BCUT2D eigenvalue weighted by atomic mass is 32.2. The van der Waals surface area contributed by atoms with E-state index < -0.39 is 27.7 Å². The van der Waals surface area contributed by atoms with Gasteiger partial charge in [-0.15, -0.1) is 11.3 Å². The first-order valence-corrected chi connectivity index (χ1v) is 11.6. The van der Waals surface area contributed by atoms with Gasteiger partial charge in [-0.3, -0.25) is 9.59 Å². The SMILES string of the molecule is Cc1noc2nc(-c3cccs3)cc(C(=O)NCC(=O)NC3CCS(=O)(=O)C3)c12. The smallest absolute Gasteiger partial charge is 0.259 e. The van der Waals surface area contributed by atoms with Gasteiger partial charge in [-0.05, 0) is 30.9 Å². The van der Waals surface area contributed by atoms with Crippen LogP contribution < -0.4 is 10.6 Å². The fraction of sp³-hybridized carbons (Fsp3) is 0.333. The molecule has 152 valence electrons. The molecule has 11 heteroatoms. The van der Waals surface area contributed by atoms with Crippen molar-refractivity contribution in [1.82, 2.24) is 20.8 Å². The van der Waals surface area contributed by atoms with Crippen molar-refractivity contribution in [1.29, 1.82) is 0 Å². The van der Waals surface area contributed by atoms with Gasteiger partial charge in [0.15, 0.2) is 9.84 Å². The average Bonchev–Trinajstić information content (AvgIpc) is 3.40. The van der Waals surface area contributed by atoms with Gasteiger partial charge >= 0.3 is 0 Å². The van der Waals surface area contributed by atoms with E-state index in [1.165, 1.54) is 11.3 Å². The normalized spacial score (nSPS) is 18.0. The average molecular weight is 434 g/mol. The second kappa shape index (κ2) is 7.56. The monoisotopic (exact) mass is 434 g/mol. The summed E-state index contributed by atoms with van der Waals surface area (Å²) in [6.07, 6.45) is 0.386. The summed E-state index contributed by atoms with van der Waals surface area (Å²) in [7, 11) is -3.09. The van der Waals surface area contributed by atoms with Gasteiger partial charge in [0.05, 0.1) is 45.3 Å². The summed E-state index contributed by atoms with van der Waals surface area (Å²) < 4.78 is 28.2. The highest BCUT2D eigenvalue weighted by Crippen LogP contribution is 2.29. The van der Waals surface area contributed by atoms with E-state index in [-0.39, 0.29) is 23.8 Å². The van der Waals surface area contributed by atoms with Gasteiger partial charge in [-0.1, -0.05) is 11.2 Å². The molecule has 1 atom stereocenters. The molecule has 0 bridgehead atoms. The molecule has 29 heavy (non-hydrogen) atoms. The second-order valence-corrected chi connectivity index (χ2v) is 10.0. The highest BCUT2D eigenvalue weighted by molar-refractivity contribution is 7.91. The molecule has 0 radical (unpaired) electrons. The van der Waals surface area contributed by atoms with Crippen molar-refractivity contribution in [3.8, 4) is 10.6 Å². The molecular formula is C18H18N4O5S2. The number of rotatable bonds is 5. The Morgan fingerprint density at radius 1 is 1.38 bits per heavy atom. The molecule has 0 aliphatic carbocycles. The fourth-order valence-corrected chi connectivity index (χ4v) is 5.63. The molecule has 4 rings (SSSR count). The Labute approximate surface area is 170 Å². The zero-order valence-electron chi connectivity index (χ0n) is 15.5. The Morgan fingerprint density at radius 3 is 2.90 bits per heavy atom. The lowest BCUT2D eigenvalue weighted by Gasteiger charge is -2.12. The first-order chi connectivity index (χ1) is 13.8. The summed E-state index contributed by atoms with van der Waals surface area (Å²) in [4.78, 5) is 30.2. The number of hydrogen-bond donors (Lipinski definition) is 2. The van der Waals surface area contributed by atoms with Crippen LogP contribution in [0.25, 0.3) is 21.7 Å². The van der Waals surface area contributed by atoms with Crippen LogP contribution >= 0.6 is 11.3 Å². The van der Waals surface area contributed by atoms with Gasteiger partial charge in [0, 0.05) is 6.04 Å². The van der Waals surface area contributed by atoms with E-state index in [0.29, 0.717) is 28.8 Å². The largest absolute Gasteiger partial charge is 0.351 e. The summed E-state index contributed by atoms with van der Waals surface area (Å²) in [5.74, 6) is -0.902. The zero-order chi connectivity index (χ0) is 20.6. The molecule has 2 N–H and O–H groups in total. The number of sulfone groups is 1. The van der Waals surface area contributed by atoms with E-state index in [2.05, 4.69) is 20.8 Å². The molecule has 1 saturated heterocycles. The van der Waals surface area contributed by atoms with Crippen LogP contribution in [0.5, 0.6) is 0 Å². The Balaban J connectivity index is 1.51. The lowest BCUT2D eigenvalue weighted by molar-refractivity contribution is -0.120. The summed E-state index contributed by atoms with van der Waals surface area (Å²) >= 11 is 1.48. The van der Waals surface area contributed by atoms with Gasteiger partial charge in [-0.2, -0.15) is 0 Å². The molecule has 3 aromatic heterocycles. The maximum absolute atomic E-state index is 12.8. The van der Waals surface area contributed by atoms with Crippen LogP contribution in [0, 0.1) is 6.92 Å². The first kappa shape index (κ1) is 19.5. The van der Waals surface area contributed by atoms with Crippen LogP contribution in [0.15, 0.2) is 28.1 Å². The van der Waals surface area contributed by atoms with Gasteiger partial charge < -0.3 is 15.2 Å². The molecule has 3 aromatic rings. The van der Waals surface area contributed by atoms with Crippen LogP contribution in [0.1, 0.15) is 22.5 Å². The van der Waals surface area contributed by atoms with Crippen LogP contribution in [-0.2, 0) is 14.6 Å². The zero-order valence-corrected chi connectivity index (χ0v) is 17.1. The van der Waals surface area contributed by atoms with E-state index in [1.807, 2.05) is 17.5 Å². The number of carbonyl (C=O) groups is 2. The third-order valence-electron chi connectivity index (χ3n) is 4.64. The van der Waals surface area contributed by atoms with Crippen molar-refractivity contribution in [3.05, 3.63) is 34.8 Å². The summed E-state index contributed by atoms with van der Waals surface area (Å²) in [6.45, 7) is 1.44. The minimum atomic E-state index is -3.09. The lowest BCUT2D eigenvalue weighted by atomic mass is 10.1. The van der Waals surface area contributed by atoms with E-state index >= 15 is 0 Å². The molecule has 1 unspecified atom stereocenters. The standard InChI is InChI=1S/C18H18N4O5S2/c1-10-16-12(7-13(14-3-2-5-28-14)21-18(16)27-22-10)17(24)19-8-15(23)20-11-4-6-29(25,26)9-11/h2-3,5,7,11H,4,6,8-9H2,1H3,(H,19,24)(H,20,23). The van der Waals surface area contributed by atoms with Crippen molar-refractivity contribution >= 4 is 44.1 Å². The summed E-state index contributed by atoms with van der Waals surface area (Å²) in [5, 5.41) is 11.5. The molecule has 9 nitrogen and oxygen atoms in total. The number of pyridine rings is 1. The number of carbonyl (C=O) groups excluding carboxylic acids is 2. The second-order valence-electron chi connectivity index (χ2n) is 6.83. The number of nitrogens with zero attached hydrogens (tertiary/aromatic N) is 2. The predicted octanol–water partition coefficient (Wildman–Crippen LogP) is 1.29. The Morgan fingerprint density at radius 2 is 2.21 bits per heavy atom. The quantitative estimate of drug-likeness (QED) is 0.618. The highest BCUT2D eigenvalue weighted by Gasteiger charge is 2.29. The van der Waals surface area contributed by atoms with Gasteiger partial charge in [-0.25, -0.2) is 13.4 Å². The number of fused-ring (bicyclic) bond motifs is 1. The Kier molecular flexibility index (Phi) is 5.09. The number of hydrogen-bond acceptors (Lipinski definition) is 8. The minimum absolute atomic E-state index is 0.0670. The van der Waals surface area contributed by atoms with E-state index in [0.717, 1.165) is 4.88 Å². The third kappa shape index (κ3) is 4.15. The van der Waals surface area contributed by atoms with Crippen LogP contribution in [0.2, 0.25) is 0 Å². The Hall–Kier alpha value is -2.79. The molecule has 0 saturated carbocycles. The third-order valence-corrected chi connectivity index (χ3v) is 7.30. The van der Waals surface area contributed by atoms with Crippen molar-refractivity contribution in [3.63, 3.8) is 0 Å². The maximum Gasteiger partial charge on any atom is 0.259 e. The van der Waals surface area contributed by atoms with Crippen molar-refractivity contribution < 1.29 is 22.5 Å². The van der Waals surface area contributed by atoms with Crippen molar-refractivity contribution in [2.75, 3.05) is 18.1 Å². The number of thiophene rings is 1. The molecule has 0 aromatic carbocycles. The van der Waals surface area contributed by atoms with Crippen LogP contribution in [-0.4, -0.2) is 54.5 Å². The van der Waals surface area contributed by atoms with Gasteiger partial charge in [0.1, 0.15) is 0 Å². The molecule has 0 spiro atoms.